The fourth-order valence-electron chi connectivity index (χ4n) is 1.70. The predicted molar refractivity (Wildman–Crippen MR) is 88.8 cm³/mol. The van der Waals surface area contributed by atoms with Crippen molar-refractivity contribution in [2.75, 3.05) is 6.61 Å². The van der Waals surface area contributed by atoms with Crippen molar-refractivity contribution < 1.29 is 19.4 Å². The SMILES string of the molecule is O=C(O)COc1cccc(/C=N/NC(=O)c2ccccc2Br)c1. The number of nitrogens with one attached hydrogen (secondary N) is 1. The molecule has 0 heterocycles. The van der Waals surface area contributed by atoms with Crippen LogP contribution in [0.5, 0.6) is 5.75 Å². The zero-order valence-electron chi connectivity index (χ0n) is 11.9. The molecule has 0 saturated carbocycles. The minimum Gasteiger partial charge on any atom is -0.482 e. The van der Waals surface area contributed by atoms with Crippen molar-refractivity contribution in [3.8, 4) is 5.75 Å². The Morgan fingerprint density at radius 2 is 2.00 bits per heavy atom. The number of carboxylic acids is 1. The molecule has 0 saturated heterocycles. The van der Waals surface area contributed by atoms with Crippen LogP contribution in [-0.2, 0) is 4.79 Å². The third kappa shape index (κ3) is 5.23. The number of benzene rings is 2. The summed E-state index contributed by atoms with van der Waals surface area (Å²) in [6.07, 6.45) is 1.45. The van der Waals surface area contributed by atoms with E-state index in [2.05, 4.69) is 26.5 Å². The molecule has 0 spiro atoms. The van der Waals surface area contributed by atoms with Crippen molar-refractivity contribution in [3.63, 3.8) is 0 Å². The zero-order chi connectivity index (χ0) is 16.7. The lowest BCUT2D eigenvalue weighted by molar-refractivity contribution is -0.139. The summed E-state index contributed by atoms with van der Waals surface area (Å²) in [5.41, 5.74) is 3.57. The van der Waals surface area contributed by atoms with Crippen LogP contribution < -0.4 is 10.2 Å². The predicted octanol–water partition coefficient (Wildman–Crippen LogP) is 2.68. The summed E-state index contributed by atoms with van der Waals surface area (Å²) in [5, 5.41) is 12.5. The first kappa shape index (κ1) is 16.7. The number of carbonyl (C=O) groups is 2. The van der Waals surface area contributed by atoms with Crippen molar-refractivity contribution in [3.05, 3.63) is 64.1 Å². The maximum atomic E-state index is 12.0. The van der Waals surface area contributed by atoms with E-state index < -0.39 is 12.6 Å². The van der Waals surface area contributed by atoms with E-state index in [9.17, 15) is 9.59 Å². The van der Waals surface area contributed by atoms with Gasteiger partial charge < -0.3 is 9.84 Å². The number of hydrogen-bond donors (Lipinski definition) is 2. The first-order chi connectivity index (χ1) is 11.1. The molecule has 0 aliphatic rings. The van der Waals surface area contributed by atoms with E-state index in [4.69, 9.17) is 9.84 Å². The van der Waals surface area contributed by atoms with Gasteiger partial charge in [-0.2, -0.15) is 5.10 Å². The number of rotatable bonds is 6. The van der Waals surface area contributed by atoms with Crippen LogP contribution in [0, 0.1) is 0 Å². The second kappa shape index (κ2) is 8.09. The van der Waals surface area contributed by atoms with Gasteiger partial charge in [0.1, 0.15) is 5.75 Å². The number of carbonyl (C=O) groups excluding carboxylic acids is 1. The van der Waals surface area contributed by atoms with Gasteiger partial charge in [0, 0.05) is 4.47 Å². The average Bonchev–Trinajstić information content (AvgIpc) is 2.53. The molecular formula is C16H13BrN2O4. The molecule has 2 N–H and O–H groups in total. The Balaban J connectivity index is 1.98. The molecule has 0 unspecified atom stereocenters. The van der Waals surface area contributed by atoms with Gasteiger partial charge in [0.25, 0.3) is 5.91 Å². The molecule has 2 aromatic carbocycles. The highest BCUT2D eigenvalue weighted by molar-refractivity contribution is 9.10. The van der Waals surface area contributed by atoms with Crippen LogP contribution in [0.25, 0.3) is 0 Å². The second-order valence-corrected chi connectivity index (χ2v) is 5.29. The fourth-order valence-corrected chi connectivity index (χ4v) is 2.17. The van der Waals surface area contributed by atoms with E-state index in [0.717, 1.165) is 0 Å². The molecule has 6 nitrogen and oxygen atoms in total. The Morgan fingerprint density at radius 3 is 2.74 bits per heavy atom. The monoisotopic (exact) mass is 376 g/mol. The van der Waals surface area contributed by atoms with E-state index in [1.807, 2.05) is 6.07 Å². The summed E-state index contributed by atoms with van der Waals surface area (Å²) in [6, 6.07) is 13.7. The standard InChI is InChI=1S/C16H13BrN2O4/c17-14-7-2-1-6-13(14)16(22)19-18-9-11-4-3-5-12(8-11)23-10-15(20)21/h1-9H,10H2,(H,19,22)(H,20,21)/b18-9+. The van der Waals surface area contributed by atoms with Gasteiger partial charge in [0.15, 0.2) is 6.61 Å². The van der Waals surface area contributed by atoms with Crippen molar-refractivity contribution in [1.82, 2.24) is 5.43 Å². The van der Waals surface area contributed by atoms with Crippen LogP contribution in [0.4, 0.5) is 0 Å². The molecule has 118 valence electrons. The van der Waals surface area contributed by atoms with Gasteiger partial charge in [-0.25, -0.2) is 10.2 Å². The molecule has 0 atom stereocenters. The number of aliphatic carboxylic acids is 1. The molecular weight excluding hydrogens is 364 g/mol. The highest BCUT2D eigenvalue weighted by atomic mass is 79.9. The average molecular weight is 377 g/mol. The van der Waals surface area contributed by atoms with Gasteiger partial charge in [-0.15, -0.1) is 0 Å². The van der Waals surface area contributed by atoms with Crippen LogP contribution in [0.15, 0.2) is 58.1 Å². The van der Waals surface area contributed by atoms with Crippen LogP contribution in [-0.4, -0.2) is 29.8 Å². The number of ether oxygens (including phenoxy) is 1. The Hall–Kier alpha value is -2.67. The molecule has 7 heteroatoms. The summed E-state index contributed by atoms with van der Waals surface area (Å²) >= 11 is 3.29. The Kier molecular flexibility index (Phi) is 5.87. The quantitative estimate of drug-likeness (QED) is 0.599. The van der Waals surface area contributed by atoms with Gasteiger partial charge >= 0.3 is 5.97 Å². The topological polar surface area (TPSA) is 88.0 Å². The Bertz CT molecular complexity index is 746. The van der Waals surface area contributed by atoms with E-state index >= 15 is 0 Å². The van der Waals surface area contributed by atoms with E-state index in [0.29, 0.717) is 21.3 Å². The van der Waals surface area contributed by atoms with Crippen LogP contribution in [0.3, 0.4) is 0 Å². The third-order valence-electron chi connectivity index (χ3n) is 2.72. The molecule has 2 aromatic rings. The lowest BCUT2D eigenvalue weighted by Crippen LogP contribution is -2.18. The maximum Gasteiger partial charge on any atom is 0.341 e. The minimum atomic E-state index is -1.05. The van der Waals surface area contributed by atoms with Gasteiger partial charge in [0.05, 0.1) is 11.8 Å². The van der Waals surface area contributed by atoms with Crippen molar-refractivity contribution in [2.24, 2.45) is 5.10 Å². The van der Waals surface area contributed by atoms with Gasteiger partial charge in [-0.05, 0) is 45.8 Å². The molecule has 0 bridgehead atoms. The van der Waals surface area contributed by atoms with Crippen molar-refractivity contribution in [2.45, 2.75) is 0 Å². The maximum absolute atomic E-state index is 12.0. The lowest BCUT2D eigenvalue weighted by Gasteiger charge is -2.04. The van der Waals surface area contributed by atoms with Crippen molar-refractivity contribution >= 4 is 34.0 Å². The Labute approximate surface area is 140 Å². The largest absolute Gasteiger partial charge is 0.482 e. The first-order valence-electron chi connectivity index (χ1n) is 6.59. The molecule has 0 radical (unpaired) electrons. The van der Waals surface area contributed by atoms with Crippen LogP contribution in [0.2, 0.25) is 0 Å². The summed E-state index contributed by atoms with van der Waals surface area (Å²) in [7, 11) is 0. The van der Waals surface area contributed by atoms with E-state index in [1.54, 1.807) is 42.5 Å². The number of carboxylic acid groups (broad SMARTS) is 1. The van der Waals surface area contributed by atoms with E-state index in [-0.39, 0.29) is 5.91 Å². The summed E-state index contributed by atoms with van der Waals surface area (Å²) in [4.78, 5) is 22.4. The molecule has 0 aliphatic carbocycles. The van der Waals surface area contributed by atoms with Gasteiger partial charge in [-0.3, -0.25) is 4.79 Å². The number of hydrogen-bond acceptors (Lipinski definition) is 4. The molecule has 1 amide bonds. The lowest BCUT2D eigenvalue weighted by atomic mass is 10.2. The van der Waals surface area contributed by atoms with Gasteiger partial charge in [0.2, 0.25) is 0 Å². The van der Waals surface area contributed by atoms with E-state index in [1.165, 1.54) is 6.21 Å². The zero-order valence-corrected chi connectivity index (χ0v) is 13.5. The molecule has 0 aliphatic heterocycles. The van der Waals surface area contributed by atoms with Gasteiger partial charge in [-0.1, -0.05) is 24.3 Å². The normalized spacial score (nSPS) is 10.5. The van der Waals surface area contributed by atoms with Crippen molar-refractivity contribution in [1.29, 1.82) is 0 Å². The second-order valence-electron chi connectivity index (χ2n) is 4.43. The summed E-state index contributed by atoms with van der Waals surface area (Å²) in [5.74, 6) is -0.981. The first-order valence-corrected chi connectivity index (χ1v) is 7.38. The van der Waals surface area contributed by atoms with Crippen LogP contribution >= 0.6 is 15.9 Å². The smallest absolute Gasteiger partial charge is 0.341 e. The highest BCUT2D eigenvalue weighted by Crippen LogP contribution is 2.15. The molecule has 0 fully saturated rings. The summed E-state index contributed by atoms with van der Waals surface area (Å²) < 4.78 is 5.74. The number of nitrogens with zero attached hydrogens (tertiary/aromatic N) is 1. The van der Waals surface area contributed by atoms with Crippen LogP contribution in [0.1, 0.15) is 15.9 Å². The summed E-state index contributed by atoms with van der Waals surface area (Å²) in [6.45, 7) is -0.417. The fraction of sp³-hybridized carbons (Fsp3) is 0.0625. The number of hydrazone groups is 1. The molecule has 23 heavy (non-hydrogen) atoms. The number of halogens is 1. The minimum absolute atomic E-state index is 0.341. The highest BCUT2D eigenvalue weighted by Gasteiger charge is 2.07. The third-order valence-corrected chi connectivity index (χ3v) is 3.41. The molecule has 0 aromatic heterocycles. The molecule has 2 rings (SSSR count). The Morgan fingerprint density at radius 1 is 1.22 bits per heavy atom. The number of amides is 1.